The van der Waals surface area contributed by atoms with Crippen LogP contribution >= 0.6 is 0 Å². The van der Waals surface area contributed by atoms with Crippen LogP contribution in [-0.2, 0) is 23.7 Å². The number of alkyl halides is 6. The molecule has 2 aromatic carbocycles. The van der Waals surface area contributed by atoms with Gasteiger partial charge in [-0.15, -0.1) is 0 Å². The number of hydrogen-bond acceptors (Lipinski definition) is 3. The highest BCUT2D eigenvalue weighted by Gasteiger charge is 2.37. The van der Waals surface area contributed by atoms with Gasteiger partial charge < -0.3 is 5.32 Å². The summed E-state index contributed by atoms with van der Waals surface area (Å²) in [5, 5.41) is 2.17. The van der Waals surface area contributed by atoms with Crippen LogP contribution in [0.3, 0.4) is 0 Å². The van der Waals surface area contributed by atoms with Crippen LogP contribution in [0.2, 0.25) is 0 Å². The zero-order valence-corrected chi connectivity index (χ0v) is 15.4. The Morgan fingerprint density at radius 2 is 1.52 bits per heavy atom. The van der Waals surface area contributed by atoms with Gasteiger partial charge in [0.05, 0.1) is 22.0 Å². The number of H-pyrrole nitrogens is 1. The zero-order chi connectivity index (χ0) is 23.0. The largest absolute Gasteiger partial charge is 0.416 e. The van der Waals surface area contributed by atoms with Gasteiger partial charge in [-0.3, -0.25) is 19.1 Å². The number of anilines is 1. The van der Waals surface area contributed by atoms with Crippen LogP contribution in [0.15, 0.2) is 52.1 Å². The molecule has 0 aliphatic rings. The van der Waals surface area contributed by atoms with E-state index in [-0.39, 0.29) is 23.5 Å². The van der Waals surface area contributed by atoms with Gasteiger partial charge in [0.1, 0.15) is 0 Å². The summed E-state index contributed by atoms with van der Waals surface area (Å²) in [6.45, 7) is -0.271. The number of fused-ring (bicyclic) bond motifs is 1. The molecule has 0 aliphatic carbocycles. The molecule has 0 aliphatic heterocycles. The molecule has 1 aromatic heterocycles. The van der Waals surface area contributed by atoms with Gasteiger partial charge in [-0.05, 0) is 30.3 Å². The number of aromatic nitrogens is 2. The predicted molar refractivity (Wildman–Crippen MR) is 98.5 cm³/mol. The molecule has 0 fully saturated rings. The number of benzene rings is 2. The van der Waals surface area contributed by atoms with Gasteiger partial charge in [-0.2, -0.15) is 26.3 Å². The lowest BCUT2D eigenvalue weighted by atomic mass is 10.1. The monoisotopic (exact) mass is 445 g/mol. The maximum atomic E-state index is 12.9. The number of nitrogens with zero attached hydrogens (tertiary/aromatic N) is 1. The average molecular weight is 445 g/mol. The molecule has 31 heavy (non-hydrogen) atoms. The Morgan fingerprint density at radius 1 is 0.935 bits per heavy atom. The third-order valence-electron chi connectivity index (χ3n) is 4.34. The molecule has 0 unspecified atom stereocenters. The molecule has 0 spiro atoms. The summed E-state index contributed by atoms with van der Waals surface area (Å²) >= 11 is 0. The number of amides is 1. The van der Waals surface area contributed by atoms with E-state index >= 15 is 0 Å². The molecule has 6 nitrogen and oxygen atoms in total. The number of rotatable bonds is 4. The summed E-state index contributed by atoms with van der Waals surface area (Å²) in [5.41, 5.74) is -5.05. The number of hydrogen-bond donors (Lipinski definition) is 2. The van der Waals surface area contributed by atoms with Crippen molar-refractivity contribution in [2.45, 2.75) is 25.3 Å². The van der Waals surface area contributed by atoms with E-state index in [4.69, 9.17) is 0 Å². The quantitative estimate of drug-likeness (QED) is 0.600. The first-order valence-corrected chi connectivity index (χ1v) is 8.67. The normalized spacial score (nSPS) is 12.2. The molecule has 2 N–H and O–H groups in total. The second kappa shape index (κ2) is 7.93. The average Bonchev–Trinajstić information content (AvgIpc) is 2.66. The molecule has 1 amide bonds. The van der Waals surface area contributed by atoms with Crippen molar-refractivity contribution in [2.75, 3.05) is 5.32 Å². The van der Waals surface area contributed by atoms with Crippen molar-refractivity contribution in [1.29, 1.82) is 0 Å². The summed E-state index contributed by atoms with van der Waals surface area (Å²) in [6, 6.07) is 6.74. The standard InChI is InChI=1S/C19H13F6N3O3/c20-18(21,22)10-7-11(19(23,24)25)9-12(8-10)26-15(29)5-6-28-14-4-2-1-3-13(14)16(30)27-17(28)31/h1-4,7-9H,5-6H2,(H,26,29)(H,27,30,31). The number of aryl methyl sites for hydroxylation is 1. The van der Waals surface area contributed by atoms with Crippen LogP contribution in [0, 0.1) is 0 Å². The van der Waals surface area contributed by atoms with E-state index in [9.17, 15) is 40.7 Å². The SMILES string of the molecule is O=C(CCn1c(=O)[nH]c(=O)c2ccccc21)Nc1cc(C(F)(F)F)cc(C(F)(F)F)c1. The fourth-order valence-corrected chi connectivity index (χ4v) is 2.93. The number of carbonyl (C=O) groups is 1. The van der Waals surface area contributed by atoms with Crippen LogP contribution in [-0.4, -0.2) is 15.5 Å². The van der Waals surface area contributed by atoms with E-state index in [1.807, 2.05) is 5.32 Å². The van der Waals surface area contributed by atoms with E-state index < -0.39 is 52.7 Å². The van der Waals surface area contributed by atoms with E-state index in [1.165, 1.54) is 12.1 Å². The molecular formula is C19H13F6N3O3. The lowest BCUT2D eigenvalue weighted by Crippen LogP contribution is -2.31. The lowest BCUT2D eigenvalue weighted by molar-refractivity contribution is -0.143. The van der Waals surface area contributed by atoms with Crippen molar-refractivity contribution in [1.82, 2.24) is 9.55 Å². The predicted octanol–water partition coefficient (Wildman–Crippen LogP) is 3.76. The number of halogens is 6. The lowest BCUT2D eigenvalue weighted by Gasteiger charge is -2.15. The second-order valence-corrected chi connectivity index (χ2v) is 6.52. The molecule has 164 valence electrons. The van der Waals surface area contributed by atoms with Gasteiger partial charge in [0, 0.05) is 18.7 Å². The highest BCUT2D eigenvalue weighted by molar-refractivity contribution is 5.91. The van der Waals surface area contributed by atoms with Crippen LogP contribution in [0.4, 0.5) is 32.0 Å². The van der Waals surface area contributed by atoms with Crippen molar-refractivity contribution >= 4 is 22.5 Å². The van der Waals surface area contributed by atoms with Gasteiger partial charge in [-0.1, -0.05) is 12.1 Å². The Morgan fingerprint density at radius 3 is 2.10 bits per heavy atom. The highest BCUT2D eigenvalue weighted by atomic mass is 19.4. The number of carbonyl (C=O) groups excluding carboxylic acids is 1. The van der Waals surface area contributed by atoms with Gasteiger partial charge in [0.15, 0.2) is 0 Å². The first kappa shape index (κ1) is 22.1. The first-order valence-electron chi connectivity index (χ1n) is 8.67. The fourth-order valence-electron chi connectivity index (χ4n) is 2.93. The van der Waals surface area contributed by atoms with E-state index in [0.29, 0.717) is 12.1 Å². The summed E-state index contributed by atoms with van der Waals surface area (Å²) in [4.78, 5) is 38.1. The Kier molecular flexibility index (Phi) is 5.66. The molecular weight excluding hydrogens is 432 g/mol. The third kappa shape index (κ3) is 4.95. The van der Waals surface area contributed by atoms with Crippen LogP contribution < -0.4 is 16.6 Å². The van der Waals surface area contributed by atoms with Gasteiger partial charge in [0.25, 0.3) is 5.56 Å². The second-order valence-electron chi connectivity index (χ2n) is 6.52. The summed E-state index contributed by atoms with van der Waals surface area (Å²) in [6.07, 6.45) is -10.6. The Hall–Kier alpha value is -3.57. The molecule has 1 heterocycles. The van der Waals surface area contributed by atoms with Crippen molar-refractivity contribution < 1.29 is 31.1 Å². The maximum absolute atomic E-state index is 12.9. The number of nitrogens with one attached hydrogen (secondary N) is 2. The Labute approximate surface area is 169 Å². The summed E-state index contributed by atoms with van der Waals surface area (Å²) < 4.78 is 78.6. The van der Waals surface area contributed by atoms with Crippen molar-refractivity contribution in [3.8, 4) is 0 Å². The maximum Gasteiger partial charge on any atom is 0.416 e. The molecule has 3 rings (SSSR count). The molecule has 3 aromatic rings. The van der Waals surface area contributed by atoms with Crippen molar-refractivity contribution in [3.63, 3.8) is 0 Å². The smallest absolute Gasteiger partial charge is 0.326 e. The molecule has 0 saturated carbocycles. The topological polar surface area (TPSA) is 84.0 Å². The summed E-state index contributed by atoms with van der Waals surface area (Å²) in [7, 11) is 0. The fraction of sp³-hybridized carbons (Fsp3) is 0.211. The third-order valence-corrected chi connectivity index (χ3v) is 4.34. The van der Waals surface area contributed by atoms with Gasteiger partial charge in [-0.25, -0.2) is 4.79 Å². The zero-order valence-electron chi connectivity index (χ0n) is 15.4. The minimum atomic E-state index is -5.05. The Balaban J connectivity index is 1.85. The molecule has 12 heteroatoms. The highest BCUT2D eigenvalue weighted by Crippen LogP contribution is 2.37. The molecule has 0 atom stereocenters. The minimum Gasteiger partial charge on any atom is -0.326 e. The number of aromatic amines is 1. The van der Waals surface area contributed by atoms with Crippen molar-refractivity contribution in [3.05, 3.63) is 74.4 Å². The Bertz CT molecular complexity index is 1230. The van der Waals surface area contributed by atoms with E-state index in [1.54, 1.807) is 12.1 Å². The number of para-hydroxylation sites is 1. The summed E-state index contributed by atoms with van der Waals surface area (Å²) in [5.74, 6) is -0.922. The first-order chi connectivity index (χ1) is 14.4. The van der Waals surface area contributed by atoms with Crippen molar-refractivity contribution in [2.24, 2.45) is 0 Å². The minimum absolute atomic E-state index is 0.0539. The van der Waals surface area contributed by atoms with Crippen LogP contribution in [0.1, 0.15) is 17.5 Å². The van der Waals surface area contributed by atoms with Crippen LogP contribution in [0.5, 0.6) is 0 Å². The van der Waals surface area contributed by atoms with Gasteiger partial charge in [0.2, 0.25) is 5.91 Å². The molecule has 0 bridgehead atoms. The molecule has 0 radical (unpaired) electrons. The van der Waals surface area contributed by atoms with Crippen LogP contribution in [0.25, 0.3) is 10.9 Å². The molecule has 0 saturated heterocycles. The van der Waals surface area contributed by atoms with E-state index in [2.05, 4.69) is 4.98 Å². The van der Waals surface area contributed by atoms with E-state index in [0.717, 1.165) is 4.57 Å². The van der Waals surface area contributed by atoms with Gasteiger partial charge >= 0.3 is 18.0 Å².